The Morgan fingerprint density at radius 2 is 1.78 bits per heavy atom. The Morgan fingerprint density at radius 3 is 2.44 bits per heavy atom. The molecule has 0 bridgehead atoms. The molecule has 2 amide bonds. The van der Waals surface area contributed by atoms with Gasteiger partial charge in [-0.25, -0.2) is 0 Å². The SMILES string of the molecule is O=C(CCNC(=O)c1ccccc1)NCCCO. The Kier molecular flexibility index (Phi) is 6.50. The molecule has 1 aromatic rings. The summed E-state index contributed by atoms with van der Waals surface area (Å²) in [6.07, 6.45) is 0.784. The van der Waals surface area contributed by atoms with Crippen molar-refractivity contribution in [1.82, 2.24) is 10.6 Å². The average molecular weight is 250 g/mol. The van der Waals surface area contributed by atoms with Gasteiger partial charge in [-0.3, -0.25) is 9.59 Å². The maximum atomic E-state index is 11.6. The largest absolute Gasteiger partial charge is 0.396 e. The number of rotatable bonds is 7. The van der Waals surface area contributed by atoms with Crippen molar-refractivity contribution in [2.75, 3.05) is 19.7 Å². The third kappa shape index (κ3) is 5.45. The smallest absolute Gasteiger partial charge is 0.251 e. The van der Waals surface area contributed by atoms with E-state index in [-0.39, 0.29) is 24.8 Å². The first kappa shape index (κ1) is 14.2. The van der Waals surface area contributed by atoms with Crippen LogP contribution in [0, 0.1) is 0 Å². The second kappa shape index (κ2) is 8.25. The number of hydrogen-bond acceptors (Lipinski definition) is 3. The van der Waals surface area contributed by atoms with Gasteiger partial charge in [0, 0.05) is 31.7 Å². The van der Waals surface area contributed by atoms with Gasteiger partial charge in [0.25, 0.3) is 5.91 Å². The minimum Gasteiger partial charge on any atom is -0.396 e. The molecule has 0 saturated carbocycles. The summed E-state index contributed by atoms with van der Waals surface area (Å²) in [6, 6.07) is 8.85. The molecule has 3 N–H and O–H groups in total. The molecule has 0 aliphatic rings. The van der Waals surface area contributed by atoms with E-state index >= 15 is 0 Å². The van der Waals surface area contributed by atoms with Gasteiger partial charge in [0.05, 0.1) is 0 Å². The molecule has 0 atom stereocenters. The third-order valence-corrected chi connectivity index (χ3v) is 2.33. The van der Waals surface area contributed by atoms with E-state index in [1.807, 2.05) is 6.07 Å². The van der Waals surface area contributed by atoms with Crippen LogP contribution in [0.5, 0.6) is 0 Å². The van der Waals surface area contributed by atoms with Gasteiger partial charge in [0.15, 0.2) is 0 Å². The number of benzene rings is 1. The highest BCUT2D eigenvalue weighted by molar-refractivity contribution is 5.94. The summed E-state index contributed by atoms with van der Waals surface area (Å²) in [5, 5.41) is 13.9. The molecule has 0 spiro atoms. The van der Waals surface area contributed by atoms with Crippen molar-refractivity contribution < 1.29 is 14.7 Å². The van der Waals surface area contributed by atoms with Crippen LogP contribution >= 0.6 is 0 Å². The van der Waals surface area contributed by atoms with Gasteiger partial charge >= 0.3 is 0 Å². The Bertz CT molecular complexity index is 379. The zero-order valence-electron chi connectivity index (χ0n) is 10.2. The molecular weight excluding hydrogens is 232 g/mol. The zero-order chi connectivity index (χ0) is 13.2. The average Bonchev–Trinajstić information content (AvgIpc) is 2.40. The molecule has 5 nitrogen and oxygen atoms in total. The van der Waals surface area contributed by atoms with E-state index in [2.05, 4.69) is 10.6 Å². The van der Waals surface area contributed by atoms with Crippen LogP contribution in [0.3, 0.4) is 0 Å². The normalized spacial score (nSPS) is 9.83. The van der Waals surface area contributed by atoms with Gasteiger partial charge < -0.3 is 15.7 Å². The van der Waals surface area contributed by atoms with Crippen LogP contribution in [0.4, 0.5) is 0 Å². The molecule has 0 aliphatic heterocycles. The lowest BCUT2D eigenvalue weighted by molar-refractivity contribution is -0.120. The molecule has 0 saturated heterocycles. The minimum absolute atomic E-state index is 0.0605. The van der Waals surface area contributed by atoms with E-state index < -0.39 is 0 Å². The van der Waals surface area contributed by atoms with Crippen molar-refractivity contribution in [2.24, 2.45) is 0 Å². The summed E-state index contributed by atoms with van der Waals surface area (Å²) in [4.78, 5) is 22.9. The lowest BCUT2D eigenvalue weighted by Crippen LogP contribution is -2.31. The van der Waals surface area contributed by atoms with Crippen molar-refractivity contribution in [2.45, 2.75) is 12.8 Å². The molecule has 98 valence electrons. The van der Waals surface area contributed by atoms with Crippen LogP contribution in [-0.4, -0.2) is 36.6 Å². The van der Waals surface area contributed by atoms with Crippen LogP contribution < -0.4 is 10.6 Å². The van der Waals surface area contributed by atoms with Crippen molar-refractivity contribution in [3.63, 3.8) is 0 Å². The fraction of sp³-hybridized carbons (Fsp3) is 0.385. The maximum Gasteiger partial charge on any atom is 0.251 e. The molecule has 1 aromatic carbocycles. The molecule has 5 heteroatoms. The Hall–Kier alpha value is -1.88. The van der Waals surface area contributed by atoms with Crippen LogP contribution in [0.25, 0.3) is 0 Å². The van der Waals surface area contributed by atoms with E-state index in [9.17, 15) is 9.59 Å². The summed E-state index contributed by atoms with van der Waals surface area (Å²) in [5.74, 6) is -0.310. The lowest BCUT2D eigenvalue weighted by Gasteiger charge is -2.06. The van der Waals surface area contributed by atoms with Crippen molar-refractivity contribution in [3.05, 3.63) is 35.9 Å². The summed E-state index contributed by atoms with van der Waals surface area (Å²) >= 11 is 0. The number of aliphatic hydroxyl groups is 1. The molecule has 0 unspecified atom stereocenters. The van der Waals surface area contributed by atoms with Crippen LogP contribution in [-0.2, 0) is 4.79 Å². The highest BCUT2D eigenvalue weighted by Crippen LogP contribution is 1.97. The van der Waals surface area contributed by atoms with Gasteiger partial charge in [0.2, 0.25) is 5.91 Å². The molecule has 0 radical (unpaired) electrons. The number of hydrogen-bond donors (Lipinski definition) is 3. The molecular formula is C13H18N2O3. The molecule has 0 aromatic heterocycles. The molecule has 0 heterocycles. The highest BCUT2D eigenvalue weighted by Gasteiger charge is 2.05. The first-order chi connectivity index (χ1) is 8.74. The maximum absolute atomic E-state index is 11.6. The number of aliphatic hydroxyl groups excluding tert-OH is 1. The third-order valence-electron chi connectivity index (χ3n) is 2.33. The number of carbonyl (C=O) groups is 2. The second-order valence-corrected chi connectivity index (χ2v) is 3.80. The number of carbonyl (C=O) groups excluding carboxylic acids is 2. The Balaban J connectivity index is 2.18. The predicted molar refractivity (Wildman–Crippen MR) is 68.1 cm³/mol. The lowest BCUT2D eigenvalue weighted by atomic mass is 10.2. The monoisotopic (exact) mass is 250 g/mol. The van der Waals surface area contributed by atoms with Crippen molar-refractivity contribution in [3.8, 4) is 0 Å². The number of nitrogens with one attached hydrogen (secondary N) is 2. The van der Waals surface area contributed by atoms with Gasteiger partial charge in [-0.15, -0.1) is 0 Å². The fourth-order valence-electron chi connectivity index (χ4n) is 1.38. The van der Waals surface area contributed by atoms with E-state index in [4.69, 9.17) is 5.11 Å². The standard InChI is InChI=1S/C13H18N2O3/c16-10-4-8-14-12(17)7-9-15-13(18)11-5-2-1-3-6-11/h1-3,5-6,16H,4,7-10H2,(H,14,17)(H,15,18). The van der Waals surface area contributed by atoms with E-state index in [1.54, 1.807) is 24.3 Å². The first-order valence-corrected chi connectivity index (χ1v) is 5.95. The van der Waals surface area contributed by atoms with Gasteiger partial charge in [-0.1, -0.05) is 18.2 Å². The van der Waals surface area contributed by atoms with Crippen molar-refractivity contribution in [1.29, 1.82) is 0 Å². The minimum atomic E-state index is -0.182. The van der Waals surface area contributed by atoms with Crippen LogP contribution in [0.2, 0.25) is 0 Å². The van der Waals surface area contributed by atoms with E-state index in [0.717, 1.165) is 0 Å². The summed E-state index contributed by atoms with van der Waals surface area (Å²) in [6.45, 7) is 0.825. The van der Waals surface area contributed by atoms with Crippen molar-refractivity contribution >= 4 is 11.8 Å². The van der Waals surface area contributed by atoms with Gasteiger partial charge in [0.1, 0.15) is 0 Å². The molecule has 18 heavy (non-hydrogen) atoms. The molecule has 1 rings (SSSR count). The highest BCUT2D eigenvalue weighted by atomic mass is 16.3. The zero-order valence-corrected chi connectivity index (χ0v) is 10.2. The molecule has 0 fully saturated rings. The second-order valence-electron chi connectivity index (χ2n) is 3.80. The predicted octanol–water partition coefficient (Wildman–Crippen LogP) is 0.305. The topological polar surface area (TPSA) is 78.4 Å². The van der Waals surface area contributed by atoms with Gasteiger partial charge in [-0.2, -0.15) is 0 Å². The molecule has 0 aliphatic carbocycles. The quantitative estimate of drug-likeness (QED) is 0.609. The fourth-order valence-corrected chi connectivity index (χ4v) is 1.38. The van der Waals surface area contributed by atoms with E-state index in [0.29, 0.717) is 25.1 Å². The summed E-state index contributed by atoms with van der Waals surface area (Å²) in [5.41, 5.74) is 0.582. The number of amides is 2. The van der Waals surface area contributed by atoms with Crippen LogP contribution in [0.1, 0.15) is 23.2 Å². The summed E-state index contributed by atoms with van der Waals surface area (Å²) in [7, 11) is 0. The summed E-state index contributed by atoms with van der Waals surface area (Å²) < 4.78 is 0. The van der Waals surface area contributed by atoms with E-state index in [1.165, 1.54) is 0 Å². The first-order valence-electron chi connectivity index (χ1n) is 5.95. The van der Waals surface area contributed by atoms with Gasteiger partial charge in [-0.05, 0) is 18.6 Å². The Labute approximate surface area is 106 Å². The Morgan fingerprint density at radius 1 is 1.06 bits per heavy atom. The van der Waals surface area contributed by atoms with Crippen LogP contribution in [0.15, 0.2) is 30.3 Å².